The Kier molecular flexibility index (Phi) is 3.36. The highest BCUT2D eigenvalue weighted by atomic mass is 79.9. The third kappa shape index (κ3) is 2.31. The van der Waals surface area contributed by atoms with E-state index in [1.807, 2.05) is 6.07 Å². The van der Waals surface area contributed by atoms with Crippen molar-refractivity contribution in [3.8, 4) is 0 Å². The van der Waals surface area contributed by atoms with Gasteiger partial charge in [0, 0.05) is 17.5 Å². The monoisotopic (exact) mass is 282 g/mol. The molecule has 0 aliphatic carbocycles. The first-order valence-corrected chi connectivity index (χ1v) is 5.79. The van der Waals surface area contributed by atoms with Crippen LogP contribution in [0.3, 0.4) is 0 Å². The largest absolute Gasteiger partial charge is 0.396 e. The van der Waals surface area contributed by atoms with Crippen molar-refractivity contribution in [2.75, 3.05) is 6.61 Å². The number of aliphatic hydroxyl groups excluding tert-OH is 1. The lowest BCUT2D eigenvalue weighted by molar-refractivity contribution is 0.287. The first-order valence-electron chi connectivity index (χ1n) is 5.00. The van der Waals surface area contributed by atoms with Crippen molar-refractivity contribution >= 4 is 26.8 Å². The molecule has 2 aromatic rings. The van der Waals surface area contributed by atoms with Gasteiger partial charge in [0.05, 0.1) is 10.9 Å². The van der Waals surface area contributed by atoms with E-state index >= 15 is 0 Å². The van der Waals surface area contributed by atoms with Crippen LogP contribution in [0.2, 0.25) is 0 Å². The summed E-state index contributed by atoms with van der Waals surface area (Å²) in [4.78, 5) is 18.8. The Morgan fingerprint density at radius 2 is 2.25 bits per heavy atom. The zero-order valence-corrected chi connectivity index (χ0v) is 10.1. The van der Waals surface area contributed by atoms with Gasteiger partial charge in [-0.2, -0.15) is 0 Å². The predicted octanol–water partition coefficient (Wildman–Crippen LogP) is 1.61. The third-order valence-electron chi connectivity index (χ3n) is 2.29. The second-order valence-electron chi connectivity index (χ2n) is 3.50. The lowest BCUT2D eigenvalue weighted by atomic mass is 10.2. The van der Waals surface area contributed by atoms with Gasteiger partial charge >= 0.3 is 0 Å². The van der Waals surface area contributed by atoms with Gasteiger partial charge in [-0.15, -0.1) is 0 Å². The second-order valence-corrected chi connectivity index (χ2v) is 4.42. The van der Waals surface area contributed by atoms with Gasteiger partial charge in [0.2, 0.25) is 0 Å². The minimum atomic E-state index is -0.140. The van der Waals surface area contributed by atoms with E-state index in [4.69, 9.17) is 5.11 Å². The van der Waals surface area contributed by atoms with Crippen LogP contribution in [0, 0.1) is 0 Å². The molecule has 0 bridgehead atoms. The molecular formula is C11H11BrN2O2. The highest BCUT2D eigenvalue weighted by Gasteiger charge is 2.03. The summed E-state index contributed by atoms with van der Waals surface area (Å²) in [5.74, 6) is 0.619. The zero-order chi connectivity index (χ0) is 11.5. The Morgan fingerprint density at radius 3 is 3.00 bits per heavy atom. The molecule has 0 aliphatic rings. The van der Waals surface area contributed by atoms with Crippen molar-refractivity contribution in [2.45, 2.75) is 12.8 Å². The normalized spacial score (nSPS) is 10.9. The number of rotatable bonds is 3. The van der Waals surface area contributed by atoms with Crippen LogP contribution in [-0.2, 0) is 6.42 Å². The molecule has 0 saturated carbocycles. The average Bonchev–Trinajstić information content (AvgIpc) is 2.27. The molecule has 0 spiro atoms. The molecule has 5 heteroatoms. The maximum atomic E-state index is 11.7. The van der Waals surface area contributed by atoms with Gasteiger partial charge in [-0.25, -0.2) is 4.98 Å². The van der Waals surface area contributed by atoms with E-state index in [0.717, 1.165) is 4.47 Å². The van der Waals surface area contributed by atoms with Crippen LogP contribution in [-0.4, -0.2) is 21.7 Å². The minimum Gasteiger partial charge on any atom is -0.396 e. The number of halogens is 1. The number of benzene rings is 1. The van der Waals surface area contributed by atoms with Gasteiger partial charge in [0.1, 0.15) is 5.82 Å². The zero-order valence-electron chi connectivity index (χ0n) is 8.53. The van der Waals surface area contributed by atoms with Gasteiger partial charge in [0.25, 0.3) is 5.56 Å². The van der Waals surface area contributed by atoms with Gasteiger partial charge < -0.3 is 10.1 Å². The van der Waals surface area contributed by atoms with E-state index in [1.54, 1.807) is 12.1 Å². The number of H-pyrrole nitrogens is 1. The molecule has 0 amide bonds. The Morgan fingerprint density at radius 1 is 1.44 bits per heavy atom. The molecule has 0 unspecified atom stereocenters. The van der Waals surface area contributed by atoms with Gasteiger partial charge in [-0.3, -0.25) is 4.79 Å². The summed E-state index contributed by atoms with van der Waals surface area (Å²) in [5, 5.41) is 9.29. The fraction of sp³-hybridized carbons (Fsp3) is 0.273. The number of nitrogens with one attached hydrogen (secondary N) is 1. The summed E-state index contributed by atoms with van der Waals surface area (Å²) in [6, 6.07) is 5.40. The van der Waals surface area contributed by atoms with E-state index in [0.29, 0.717) is 29.6 Å². The Hall–Kier alpha value is -1.20. The molecule has 1 aromatic carbocycles. The fourth-order valence-corrected chi connectivity index (χ4v) is 1.89. The first-order chi connectivity index (χ1) is 7.70. The molecule has 0 aliphatic heterocycles. The van der Waals surface area contributed by atoms with Crippen molar-refractivity contribution in [2.24, 2.45) is 0 Å². The molecule has 16 heavy (non-hydrogen) atoms. The SMILES string of the molecule is O=c1[nH]c(CCCO)nc2ccc(Br)cc12. The number of hydrogen-bond acceptors (Lipinski definition) is 3. The Balaban J connectivity index is 2.51. The summed E-state index contributed by atoms with van der Waals surface area (Å²) in [6.45, 7) is 0.0993. The summed E-state index contributed by atoms with van der Waals surface area (Å²) in [7, 11) is 0. The molecule has 2 rings (SSSR count). The maximum Gasteiger partial charge on any atom is 0.258 e. The lowest BCUT2D eigenvalue weighted by Crippen LogP contribution is -2.12. The maximum absolute atomic E-state index is 11.7. The molecule has 1 aromatic heterocycles. The van der Waals surface area contributed by atoms with Crippen LogP contribution in [0.5, 0.6) is 0 Å². The van der Waals surface area contributed by atoms with E-state index in [1.165, 1.54) is 0 Å². The number of aromatic nitrogens is 2. The summed E-state index contributed by atoms with van der Waals surface area (Å²) >= 11 is 3.31. The van der Waals surface area contributed by atoms with Crippen LogP contribution < -0.4 is 5.56 Å². The van der Waals surface area contributed by atoms with E-state index in [2.05, 4.69) is 25.9 Å². The third-order valence-corrected chi connectivity index (χ3v) is 2.78. The number of aryl methyl sites for hydroxylation is 1. The van der Waals surface area contributed by atoms with Crippen LogP contribution in [0.15, 0.2) is 27.5 Å². The highest BCUT2D eigenvalue weighted by Crippen LogP contribution is 2.15. The van der Waals surface area contributed by atoms with Crippen molar-refractivity contribution in [1.29, 1.82) is 0 Å². The van der Waals surface area contributed by atoms with E-state index < -0.39 is 0 Å². The van der Waals surface area contributed by atoms with Crippen molar-refractivity contribution in [3.63, 3.8) is 0 Å². The van der Waals surface area contributed by atoms with E-state index in [9.17, 15) is 4.79 Å². The number of fused-ring (bicyclic) bond motifs is 1. The van der Waals surface area contributed by atoms with Crippen molar-refractivity contribution in [1.82, 2.24) is 9.97 Å². The van der Waals surface area contributed by atoms with Gasteiger partial charge in [-0.05, 0) is 24.6 Å². The molecule has 2 N–H and O–H groups in total. The topological polar surface area (TPSA) is 66.0 Å². The highest BCUT2D eigenvalue weighted by molar-refractivity contribution is 9.10. The van der Waals surface area contributed by atoms with E-state index in [-0.39, 0.29) is 12.2 Å². The summed E-state index contributed by atoms with van der Waals surface area (Å²) < 4.78 is 0.857. The molecule has 0 radical (unpaired) electrons. The van der Waals surface area contributed by atoms with Gasteiger partial charge in [0.15, 0.2) is 0 Å². The molecule has 0 fully saturated rings. The van der Waals surface area contributed by atoms with Crippen LogP contribution in [0.1, 0.15) is 12.2 Å². The lowest BCUT2D eigenvalue weighted by Gasteiger charge is -2.02. The van der Waals surface area contributed by atoms with Crippen molar-refractivity contribution < 1.29 is 5.11 Å². The molecule has 84 valence electrons. The predicted molar refractivity (Wildman–Crippen MR) is 65.5 cm³/mol. The standard InChI is InChI=1S/C11H11BrN2O2/c12-7-3-4-9-8(6-7)11(16)14-10(13-9)2-1-5-15/h3-4,6,15H,1-2,5H2,(H,13,14,16). The Bertz CT molecular complexity index is 565. The van der Waals surface area contributed by atoms with Crippen LogP contribution >= 0.6 is 15.9 Å². The Labute approximate surface area is 100 Å². The fourth-order valence-electron chi connectivity index (χ4n) is 1.52. The average molecular weight is 283 g/mol. The summed E-state index contributed by atoms with van der Waals surface area (Å²) in [5.41, 5.74) is 0.541. The van der Waals surface area contributed by atoms with Crippen molar-refractivity contribution in [3.05, 3.63) is 38.9 Å². The van der Waals surface area contributed by atoms with Gasteiger partial charge in [-0.1, -0.05) is 15.9 Å². The molecule has 0 saturated heterocycles. The molecule has 4 nitrogen and oxygen atoms in total. The second kappa shape index (κ2) is 4.76. The smallest absolute Gasteiger partial charge is 0.258 e. The molecule has 0 atom stereocenters. The molecule has 1 heterocycles. The van der Waals surface area contributed by atoms with Crippen LogP contribution in [0.25, 0.3) is 10.9 Å². The van der Waals surface area contributed by atoms with Crippen LogP contribution in [0.4, 0.5) is 0 Å². The summed E-state index contributed by atoms with van der Waals surface area (Å²) in [6.07, 6.45) is 1.18. The number of aromatic amines is 1. The molecular weight excluding hydrogens is 272 g/mol. The first kappa shape index (κ1) is 11.3. The quantitative estimate of drug-likeness (QED) is 0.899. The minimum absolute atomic E-state index is 0.0993. The number of aliphatic hydroxyl groups is 1. The number of nitrogens with zero attached hydrogens (tertiary/aromatic N) is 1. The number of hydrogen-bond donors (Lipinski definition) is 2.